The van der Waals surface area contributed by atoms with Gasteiger partial charge in [-0.1, -0.05) is 172 Å². The zero-order valence-corrected chi connectivity index (χ0v) is 69.5. The molecule has 0 aromatic heterocycles. The molecule has 20 nitrogen and oxygen atoms in total. The van der Waals surface area contributed by atoms with Gasteiger partial charge < -0.3 is 20.4 Å². The topological polar surface area (TPSA) is 299 Å². The largest absolute Gasteiger partial charge is 0.480 e. The Morgan fingerprint density at radius 1 is 0.341 bits per heavy atom. The molecular weight excluding hydrogens is 1730 g/mol. The molecule has 4 aliphatic heterocycles. The van der Waals surface area contributed by atoms with Crippen molar-refractivity contribution >= 4 is 118 Å². The van der Waals surface area contributed by atoms with Gasteiger partial charge in [0.2, 0.25) is 47.3 Å². The van der Waals surface area contributed by atoms with E-state index in [2.05, 4.69) is 0 Å². The van der Waals surface area contributed by atoms with Gasteiger partial charge in [0.1, 0.15) is 30.0 Å². The molecule has 0 bridgehead atoms. The molecule has 4 saturated carbocycles. The van der Waals surface area contributed by atoms with E-state index >= 15 is 0 Å². The molecule has 4 N–H and O–H groups in total. The van der Waals surface area contributed by atoms with Crippen molar-refractivity contribution in [1.29, 1.82) is 0 Å². The zero-order valence-electron chi connectivity index (χ0n) is 66.5. The number of aliphatic carboxylic acids is 4. The monoisotopic (exact) mass is 1830 g/mol. The van der Waals surface area contributed by atoms with Crippen molar-refractivity contribution in [3.8, 4) is 0 Å². The van der Waals surface area contributed by atoms with Crippen molar-refractivity contribution in [3.63, 3.8) is 0 Å². The normalized spacial score (nSPS) is 23.5. The molecule has 4 aromatic carbocycles. The van der Waals surface area contributed by atoms with E-state index in [-0.39, 0.29) is 42.7 Å². The first-order valence-corrected chi connectivity index (χ1v) is 42.6. The maximum absolute atomic E-state index is 13.9. The maximum atomic E-state index is 13.9. The summed E-state index contributed by atoms with van der Waals surface area (Å²) in [6.07, 6.45) is -9.72. The molecule has 8 amide bonds. The van der Waals surface area contributed by atoms with Crippen LogP contribution in [0.3, 0.4) is 0 Å². The van der Waals surface area contributed by atoms with Crippen molar-refractivity contribution in [2.24, 2.45) is 71.0 Å². The summed E-state index contributed by atoms with van der Waals surface area (Å²) in [7, 11) is 0. The fourth-order valence-corrected chi connectivity index (χ4v) is 19.5. The van der Waals surface area contributed by atoms with Crippen LogP contribution in [0.2, 0.25) is 20.1 Å². The highest BCUT2D eigenvalue weighted by Crippen LogP contribution is 2.49. The van der Waals surface area contributed by atoms with E-state index in [1.165, 1.54) is 12.1 Å². The van der Waals surface area contributed by atoms with E-state index in [4.69, 9.17) is 46.4 Å². The van der Waals surface area contributed by atoms with Crippen LogP contribution in [0, 0.1) is 76.8 Å². The van der Waals surface area contributed by atoms with Gasteiger partial charge in [0.05, 0.1) is 47.3 Å². The lowest BCUT2D eigenvalue weighted by molar-refractivity contribution is -0.200. The molecular formula is C86H95Cl4F13N4O16. The molecule has 4 heterocycles. The van der Waals surface area contributed by atoms with Gasteiger partial charge in [-0.15, -0.1) is 0 Å². The lowest BCUT2D eigenvalue weighted by atomic mass is 9.77. The average molecular weight is 1830 g/mol. The summed E-state index contributed by atoms with van der Waals surface area (Å²) in [5, 5.41) is 39.7. The number of alkyl halides is 12. The Kier molecular flexibility index (Phi) is 34.2. The number of carboxylic acid groups (broad SMARTS) is 4. The highest BCUT2D eigenvalue weighted by atomic mass is 35.5. The van der Waals surface area contributed by atoms with Crippen LogP contribution < -0.4 is 0 Å². The third kappa shape index (κ3) is 24.8. The number of benzene rings is 4. The van der Waals surface area contributed by atoms with Crippen LogP contribution >= 0.6 is 46.4 Å². The minimum absolute atomic E-state index is 0.00185. The Hall–Kier alpha value is -8.43. The van der Waals surface area contributed by atoms with Crippen molar-refractivity contribution in [2.45, 2.75) is 241 Å². The second-order valence-electron chi connectivity index (χ2n) is 33.0. The van der Waals surface area contributed by atoms with Crippen LogP contribution in [0.5, 0.6) is 0 Å². The smallest absolute Gasteiger partial charge is 0.392 e. The molecule has 123 heavy (non-hydrogen) atoms. The van der Waals surface area contributed by atoms with Crippen LogP contribution in [0.4, 0.5) is 57.1 Å². The van der Waals surface area contributed by atoms with E-state index in [9.17, 15) is 135 Å². The van der Waals surface area contributed by atoms with Crippen LogP contribution in [0.15, 0.2) is 91.0 Å². The van der Waals surface area contributed by atoms with Crippen molar-refractivity contribution in [1.82, 2.24) is 19.6 Å². The summed E-state index contributed by atoms with van der Waals surface area (Å²) in [6.45, 7) is 0. The number of imide groups is 4. The maximum Gasteiger partial charge on any atom is 0.392 e. The second-order valence-corrected chi connectivity index (χ2v) is 34.7. The minimum atomic E-state index is -4.62. The molecule has 0 radical (unpaired) electrons. The van der Waals surface area contributed by atoms with Gasteiger partial charge in [-0.25, -0.2) is 23.6 Å². The first-order valence-electron chi connectivity index (χ1n) is 41.1. The van der Waals surface area contributed by atoms with E-state index in [0.29, 0.717) is 155 Å². The summed E-state index contributed by atoms with van der Waals surface area (Å²) in [6, 6.07) is 17.9. The third-order valence-corrected chi connectivity index (χ3v) is 26.5. The fraction of sp³-hybridized carbons (Fsp3) is 0.581. The molecule has 12 atom stereocenters. The molecule has 37 heteroatoms. The number of carbonyl (C=O) groups excluding carboxylic acids is 8. The number of β-lactam (4-membered cyclic amide) rings is 4. The summed E-state index contributed by atoms with van der Waals surface area (Å²) in [5.41, 5.74) is 2.13. The van der Waals surface area contributed by atoms with Gasteiger partial charge in [-0.05, 0) is 178 Å². The van der Waals surface area contributed by atoms with Gasteiger partial charge in [0.15, 0.2) is 0 Å². The molecule has 4 aliphatic carbocycles. The molecule has 0 spiro atoms. The number of carboxylic acids is 4. The predicted octanol–water partition coefficient (Wildman–Crippen LogP) is 18.8. The van der Waals surface area contributed by atoms with E-state index in [1.54, 1.807) is 72.8 Å². The Morgan fingerprint density at radius 3 is 0.911 bits per heavy atom. The number of amides is 8. The number of hydrogen-bond acceptors (Lipinski definition) is 12. The van der Waals surface area contributed by atoms with Crippen molar-refractivity contribution in [2.75, 3.05) is 0 Å². The number of aryl methyl sites for hydroxylation is 2. The summed E-state index contributed by atoms with van der Waals surface area (Å²) in [4.78, 5) is 149. The number of hydrogen-bond donors (Lipinski definition) is 4. The standard InChI is InChI=1S/C22H24ClF4NO4.C22H25ClF3NO4.2C21H23ClF3NO4/c23-14-7-9-17(24)13(10-14)6-8-15-19(21(31)32)28(20(15)30)18(29)11-16(22(25,26)27)12-4-2-1-3-5-12;23-17-9-5-4-8-14(17)10-11-15-19(21(30)31)27(20(15)29)18(28)12-16(22(24,25)26)13-6-2-1-3-7-13;22-16-9-5-4-8-13(16)10-14-18(20(29)30)26(19(14)28)17(27)11-15(21(23,24)25)12-6-2-1-3-7-12;22-14-8-6-12(7-9-14)10-15-18(20(29)30)26(19(15)28)17(27)11-16(21(23,24)25)13-4-2-1-3-5-13/h7,9-10,12,15-16,19H,1-6,8,11H2,(H,31,32);4-5,8-9,13,15-16,19H,1-3,6-7,10-12H2,(H,30,31);4-5,8-9,12,14-15,18H,1-3,6-7,10-11H2,(H,29,30);6-9,13,15-16,18H,1-5,10-11H2,(H,29,30)/t2*15-,16+,19+;14-,15+,18+;15-,16+,18+/m1111/s1. The highest BCUT2D eigenvalue weighted by Gasteiger charge is 2.61. The molecule has 0 unspecified atom stereocenters. The first-order chi connectivity index (χ1) is 57.8. The van der Waals surface area contributed by atoms with Crippen LogP contribution in [0.25, 0.3) is 0 Å². The number of likely N-dealkylation sites (tertiary alicyclic amines) is 4. The minimum Gasteiger partial charge on any atom is -0.480 e. The van der Waals surface area contributed by atoms with E-state index in [0.717, 1.165) is 37.3 Å². The number of rotatable bonds is 26. The number of carbonyl (C=O) groups is 12. The Bertz CT molecular complexity index is 4460. The zero-order chi connectivity index (χ0) is 90.5. The Morgan fingerprint density at radius 2 is 0.610 bits per heavy atom. The molecule has 4 aromatic rings. The van der Waals surface area contributed by atoms with Gasteiger partial charge >= 0.3 is 48.6 Å². The van der Waals surface area contributed by atoms with Gasteiger partial charge in [0.25, 0.3) is 0 Å². The van der Waals surface area contributed by atoms with E-state index < -0.39 is 223 Å². The van der Waals surface area contributed by atoms with Crippen LogP contribution in [-0.2, 0) is 83.2 Å². The fourth-order valence-electron chi connectivity index (χ4n) is 18.7. The van der Waals surface area contributed by atoms with E-state index in [1.807, 2.05) is 0 Å². The van der Waals surface area contributed by atoms with Gasteiger partial charge in [0, 0.05) is 45.8 Å². The summed E-state index contributed by atoms with van der Waals surface area (Å²) in [5.74, 6) is -28.0. The van der Waals surface area contributed by atoms with Crippen LogP contribution in [-0.4, -0.2) is 160 Å². The number of nitrogens with zero attached hydrogens (tertiary/aromatic N) is 4. The summed E-state index contributed by atoms with van der Waals surface area (Å²) >= 11 is 23.8. The van der Waals surface area contributed by atoms with Gasteiger partial charge in [-0.3, -0.25) is 58.0 Å². The number of halogens is 17. The molecule has 4 saturated heterocycles. The van der Waals surface area contributed by atoms with Crippen molar-refractivity contribution < 1.29 is 135 Å². The summed E-state index contributed by atoms with van der Waals surface area (Å²) < 4.78 is 177. The van der Waals surface area contributed by atoms with Crippen molar-refractivity contribution in [3.05, 3.63) is 139 Å². The predicted molar refractivity (Wildman–Crippen MR) is 420 cm³/mol. The SMILES string of the molecule is O=C(O)[C@@H]1[C@@H](CCc2cc(Cl)ccc2F)C(=O)N1C(=O)C[C@@H](C1CCCCC1)C(F)(F)F.O=C(O)[C@@H]1[C@@H](CCc2ccccc2Cl)C(=O)N1C(=O)C[C@@H](C1CCCCC1)C(F)(F)F.O=C(O)[C@@H]1[C@@H](Cc2ccc(Cl)cc2)C(=O)N1C(=O)C[C@@H](C1CCCCC1)C(F)(F)F.O=C(O)[C@@H]1[C@@H](Cc2ccccc2Cl)C(=O)N1C(=O)C[C@@H](C1CCCCC1)C(F)(F)F. The average Bonchev–Trinajstić information content (AvgIpc) is 0.758. The van der Waals surface area contributed by atoms with Gasteiger partial charge in [-0.2, -0.15) is 52.7 Å². The quantitative estimate of drug-likeness (QED) is 0.0335. The highest BCUT2D eigenvalue weighted by molar-refractivity contribution is 6.32. The third-order valence-electron chi connectivity index (χ3n) is 25.3. The lowest BCUT2D eigenvalue weighted by Crippen LogP contribution is -2.67. The van der Waals surface area contributed by atoms with Crippen LogP contribution in [0.1, 0.15) is 189 Å². The molecule has 12 rings (SSSR count). The lowest BCUT2D eigenvalue weighted by Gasteiger charge is -2.44. The molecule has 8 fully saturated rings. The first kappa shape index (κ1) is 98.4. The molecule has 8 aliphatic rings. The molecule has 674 valence electrons. The Labute approximate surface area is 720 Å². The second kappa shape index (κ2) is 42.7. The Balaban J connectivity index is 0.000000186.